The molecule has 29 heavy (non-hydrogen) atoms. The molecule has 0 N–H and O–H groups in total. The van der Waals surface area contributed by atoms with Crippen LogP contribution < -0.4 is 13.8 Å². The molecule has 0 aliphatic carbocycles. The van der Waals surface area contributed by atoms with Gasteiger partial charge in [0.15, 0.2) is 11.5 Å². The SMILES string of the molecule is COc1ccc(C(=O)N(c2ccccc2)S(=O)(=O)c2ccc(C)cc2)cc1OC. The number of aryl methyl sites for hydroxylation is 1. The molecule has 0 radical (unpaired) electrons. The van der Waals surface area contributed by atoms with Crippen LogP contribution in [0.1, 0.15) is 15.9 Å². The normalized spacial score (nSPS) is 11.0. The maximum Gasteiger partial charge on any atom is 0.272 e. The van der Waals surface area contributed by atoms with E-state index in [-0.39, 0.29) is 16.1 Å². The summed E-state index contributed by atoms with van der Waals surface area (Å²) in [5.41, 5.74) is 1.32. The molecule has 0 heterocycles. The van der Waals surface area contributed by atoms with E-state index in [1.54, 1.807) is 48.5 Å². The third kappa shape index (κ3) is 4.09. The lowest BCUT2D eigenvalue weighted by Gasteiger charge is -2.23. The monoisotopic (exact) mass is 411 g/mol. The van der Waals surface area contributed by atoms with Crippen LogP contribution in [0.5, 0.6) is 11.5 Å². The van der Waals surface area contributed by atoms with Crippen LogP contribution in [0.15, 0.2) is 77.7 Å². The lowest BCUT2D eigenvalue weighted by molar-refractivity contribution is 0.100. The second-order valence-corrected chi connectivity index (χ2v) is 8.08. The highest BCUT2D eigenvalue weighted by atomic mass is 32.2. The number of sulfonamides is 1. The Kier molecular flexibility index (Phi) is 5.89. The summed E-state index contributed by atoms with van der Waals surface area (Å²) in [5, 5.41) is 0. The molecule has 0 fully saturated rings. The quantitative estimate of drug-likeness (QED) is 0.612. The van der Waals surface area contributed by atoms with Gasteiger partial charge in [0.25, 0.3) is 15.9 Å². The molecule has 0 saturated heterocycles. The van der Waals surface area contributed by atoms with Gasteiger partial charge in [-0.05, 0) is 49.4 Å². The van der Waals surface area contributed by atoms with Gasteiger partial charge in [-0.3, -0.25) is 4.79 Å². The zero-order valence-electron chi connectivity index (χ0n) is 16.3. The summed E-state index contributed by atoms with van der Waals surface area (Å²) in [5.74, 6) is 0.0773. The smallest absolute Gasteiger partial charge is 0.272 e. The van der Waals surface area contributed by atoms with E-state index < -0.39 is 15.9 Å². The van der Waals surface area contributed by atoms with Gasteiger partial charge in [0.1, 0.15) is 0 Å². The molecule has 1 amide bonds. The van der Waals surface area contributed by atoms with Crippen molar-refractivity contribution in [2.24, 2.45) is 0 Å². The Bertz CT molecular complexity index is 1110. The van der Waals surface area contributed by atoms with E-state index in [4.69, 9.17) is 9.47 Å². The summed E-state index contributed by atoms with van der Waals surface area (Å²) in [6.45, 7) is 1.86. The van der Waals surface area contributed by atoms with Crippen molar-refractivity contribution in [3.05, 3.63) is 83.9 Å². The molecule has 0 spiro atoms. The highest BCUT2D eigenvalue weighted by Gasteiger charge is 2.32. The Morgan fingerprint density at radius 1 is 0.828 bits per heavy atom. The van der Waals surface area contributed by atoms with Crippen molar-refractivity contribution in [1.29, 1.82) is 0 Å². The molecule has 0 saturated carbocycles. The number of anilines is 1. The summed E-state index contributed by atoms with van der Waals surface area (Å²) >= 11 is 0. The predicted molar refractivity (Wildman–Crippen MR) is 111 cm³/mol. The Morgan fingerprint density at radius 2 is 1.45 bits per heavy atom. The molecule has 6 nitrogen and oxygen atoms in total. The van der Waals surface area contributed by atoms with Crippen LogP contribution in [0.2, 0.25) is 0 Å². The maximum absolute atomic E-state index is 13.4. The number of benzene rings is 3. The number of hydrogen-bond acceptors (Lipinski definition) is 5. The van der Waals surface area contributed by atoms with Crippen molar-refractivity contribution in [3.8, 4) is 11.5 Å². The Morgan fingerprint density at radius 3 is 2.03 bits per heavy atom. The molecule has 150 valence electrons. The standard InChI is InChI=1S/C22H21NO5S/c1-16-9-12-19(13-10-16)29(25,26)23(18-7-5-4-6-8-18)22(24)17-11-14-20(27-2)21(15-17)28-3/h4-15H,1-3H3. The minimum absolute atomic E-state index is 0.0285. The van der Waals surface area contributed by atoms with Gasteiger partial charge in [0.2, 0.25) is 0 Å². The van der Waals surface area contributed by atoms with Crippen LogP contribution in [0, 0.1) is 6.92 Å². The molecule has 0 unspecified atom stereocenters. The molecule has 0 aliphatic heterocycles. The summed E-state index contributed by atoms with van der Waals surface area (Å²) in [4.78, 5) is 13.4. The average molecular weight is 411 g/mol. The van der Waals surface area contributed by atoms with E-state index >= 15 is 0 Å². The van der Waals surface area contributed by atoms with Crippen molar-refractivity contribution < 1.29 is 22.7 Å². The largest absolute Gasteiger partial charge is 0.493 e. The van der Waals surface area contributed by atoms with Crippen LogP contribution in [-0.2, 0) is 10.0 Å². The molecule has 3 aromatic rings. The highest BCUT2D eigenvalue weighted by molar-refractivity contribution is 7.93. The number of amides is 1. The fourth-order valence-corrected chi connectivity index (χ4v) is 4.24. The Balaban J connectivity index is 2.14. The van der Waals surface area contributed by atoms with Crippen LogP contribution in [-0.4, -0.2) is 28.5 Å². The van der Waals surface area contributed by atoms with Gasteiger partial charge in [-0.2, -0.15) is 4.31 Å². The summed E-state index contributed by atoms with van der Waals surface area (Å²) in [6.07, 6.45) is 0. The van der Waals surface area contributed by atoms with Crippen molar-refractivity contribution in [1.82, 2.24) is 0 Å². The lowest BCUT2D eigenvalue weighted by Crippen LogP contribution is -2.37. The van der Waals surface area contributed by atoms with Crippen molar-refractivity contribution in [2.45, 2.75) is 11.8 Å². The summed E-state index contributed by atoms with van der Waals surface area (Å²) < 4.78 is 38.0. The third-order valence-corrected chi connectivity index (χ3v) is 6.09. The summed E-state index contributed by atoms with van der Waals surface area (Å²) in [7, 11) is -1.21. The number of para-hydroxylation sites is 1. The van der Waals surface area contributed by atoms with E-state index in [0.29, 0.717) is 11.5 Å². The molecule has 0 aliphatic rings. The first-order chi connectivity index (χ1) is 13.9. The minimum atomic E-state index is -4.14. The van der Waals surface area contributed by atoms with Crippen LogP contribution >= 0.6 is 0 Å². The predicted octanol–water partition coefficient (Wildman–Crippen LogP) is 4.05. The first-order valence-electron chi connectivity index (χ1n) is 8.82. The number of methoxy groups -OCH3 is 2. The second kappa shape index (κ2) is 8.36. The van der Waals surface area contributed by atoms with E-state index in [9.17, 15) is 13.2 Å². The molecule has 0 aromatic heterocycles. The lowest BCUT2D eigenvalue weighted by atomic mass is 10.2. The fraction of sp³-hybridized carbons (Fsp3) is 0.136. The first kappa shape index (κ1) is 20.4. The van der Waals surface area contributed by atoms with Gasteiger partial charge in [-0.15, -0.1) is 0 Å². The van der Waals surface area contributed by atoms with Gasteiger partial charge in [-0.25, -0.2) is 8.42 Å². The Labute approximate surface area is 170 Å². The number of carbonyl (C=O) groups excluding carboxylic acids is 1. The van der Waals surface area contributed by atoms with E-state index in [2.05, 4.69) is 0 Å². The van der Waals surface area contributed by atoms with Gasteiger partial charge in [-0.1, -0.05) is 35.9 Å². The van der Waals surface area contributed by atoms with Gasteiger partial charge in [0.05, 0.1) is 24.8 Å². The van der Waals surface area contributed by atoms with Crippen LogP contribution in [0.25, 0.3) is 0 Å². The van der Waals surface area contributed by atoms with E-state index in [1.807, 2.05) is 6.92 Å². The fourth-order valence-electron chi connectivity index (χ4n) is 2.83. The van der Waals surface area contributed by atoms with E-state index in [1.165, 1.54) is 38.5 Å². The molecular weight excluding hydrogens is 390 g/mol. The van der Waals surface area contributed by atoms with Crippen molar-refractivity contribution in [2.75, 3.05) is 18.5 Å². The molecule has 3 rings (SSSR count). The zero-order chi connectivity index (χ0) is 21.0. The number of hydrogen-bond donors (Lipinski definition) is 0. The van der Waals surface area contributed by atoms with Crippen LogP contribution in [0.3, 0.4) is 0 Å². The number of nitrogens with zero attached hydrogens (tertiary/aromatic N) is 1. The van der Waals surface area contributed by atoms with Crippen molar-refractivity contribution in [3.63, 3.8) is 0 Å². The second-order valence-electron chi connectivity index (χ2n) is 6.29. The summed E-state index contributed by atoms with van der Waals surface area (Å²) in [6, 6.07) is 19.1. The molecule has 3 aromatic carbocycles. The molecule has 0 bridgehead atoms. The number of carbonyl (C=O) groups is 1. The Hall–Kier alpha value is -3.32. The number of rotatable bonds is 6. The van der Waals surface area contributed by atoms with Gasteiger partial charge in [0, 0.05) is 5.56 Å². The van der Waals surface area contributed by atoms with Gasteiger partial charge < -0.3 is 9.47 Å². The van der Waals surface area contributed by atoms with E-state index in [0.717, 1.165) is 9.87 Å². The molecule has 7 heteroatoms. The molecule has 0 atom stereocenters. The molecular formula is C22H21NO5S. The van der Waals surface area contributed by atoms with Gasteiger partial charge >= 0.3 is 0 Å². The minimum Gasteiger partial charge on any atom is -0.493 e. The average Bonchev–Trinajstić information content (AvgIpc) is 2.74. The van der Waals surface area contributed by atoms with Crippen molar-refractivity contribution >= 4 is 21.6 Å². The first-order valence-corrected chi connectivity index (χ1v) is 10.3. The third-order valence-electron chi connectivity index (χ3n) is 4.36. The topological polar surface area (TPSA) is 72.9 Å². The number of ether oxygens (including phenoxy) is 2. The van der Waals surface area contributed by atoms with Crippen LogP contribution in [0.4, 0.5) is 5.69 Å². The highest BCUT2D eigenvalue weighted by Crippen LogP contribution is 2.31. The maximum atomic E-state index is 13.4. The zero-order valence-corrected chi connectivity index (χ0v) is 17.1.